The SMILES string of the molecule is CC1NCCC1C(=O)NC1CCCC1CO. The topological polar surface area (TPSA) is 61.4 Å². The molecule has 0 radical (unpaired) electrons. The molecular weight excluding hydrogens is 204 g/mol. The second-order valence-electron chi connectivity index (χ2n) is 5.13. The van der Waals surface area contributed by atoms with Crippen LogP contribution in [0.4, 0.5) is 0 Å². The molecule has 2 fully saturated rings. The lowest BCUT2D eigenvalue weighted by Crippen LogP contribution is -2.44. The normalized spacial score (nSPS) is 38.9. The molecule has 0 bridgehead atoms. The maximum atomic E-state index is 12.0. The van der Waals surface area contributed by atoms with E-state index in [0.29, 0.717) is 0 Å². The molecule has 3 N–H and O–H groups in total. The van der Waals surface area contributed by atoms with Gasteiger partial charge in [0.25, 0.3) is 0 Å². The first-order chi connectivity index (χ1) is 7.72. The highest BCUT2D eigenvalue weighted by Gasteiger charge is 2.33. The molecular formula is C12H22N2O2. The molecule has 1 saturated carbocycles. The predicted molar refractivity (Wildman–Crippen MR) is 61.9 cm³/mol. The van der Waals surface area contributed by atoms with E-state index in [1.807, 2.05) is 0 Å². The predicted octanol–water partition coefficient (Wildman–Crippen LogP) is 0.262. The van der Waals surface area contributed by atoms with Crippen LogP contribution >= 0.6 is 0 Å². The number of amides is 1. The molecule has 2 rings (SSSR count). The summed E-state index contributed by atoms with van der Waals surface area (Å²) in [6, 6.07) is 0.485. The van der Waals surface area contributed by atoms with E-state index < -0.39 is 0 Å². The summed E-state index contributed by atoms with van der Waals surface area (Å²) in [5.41, 5.74) is 0. The average molecular weight is 226 g/mol. The van der Waals surface area contributed by atoms with E-state index in [9.17, 15) is 9.90 Å². The van der Waals surface area contributed by atoms with Gasteiger partial charge in [0.05, 0.1) is 5.92 Å². The fourth-order valence-corrected chi connectivity index (χ4v) is 2.95. The lowest BCUT2D eigenvalue weighted by molar-refractivity contribution is -0.126. The fraction of sp³-hybridized carbons (Fsp3) is 0.917. The van der Waals surface area contributed by atoms with Crippen LogP contribution in [-0.2, 0) is 4.79 Å². The van der Waals surface area contributed by atoms with Crippen LogP contribution in [0.15, 0.2) is 0 Å². The first kappa shape index (κ1) is 11.9. The number of carbonyl (C=O) groups is 1. The monoisotopic (exact) mass is 226 g/mol. The quantitative estimate of drug-likeness (QED) is 0.647. The van der Waals surface area contributed by atoms with E-state index in [-0.39, 0.29) is 36.4 Å². The third-order valence-electron chi connectivity index (χ3n) is 4.08. The average Bonchev–Trinajstić information content (AvgIpc) is 2.86. The lowest BCUT2D eigenvalue weighted by Gasteiger charge is -2.22. The first-order valence-corrected chi connectivity index (χ1v) is 6.37. The van der Waals surface area contributed by atoms with Gasteiger partial charge in [0, 0.05) is 24.6 Å². The summed E-state index contributed by atoms with van der Waals surface area (Å²) < 4.78 is 0. The molecule has 4 unspecified atom stereocenters. The second-order valence-corrected chi connectivity index (χ2v) is 5.13. The summed E-state index contributed by atoms with van der Waals surface area (Å²) in [4.78, 5) is 12.0. The van der Waals surface area contributed by atoms with E-state index in [4.69, 9.17) is 0 Å². The van der Waals surface area contributed by atoms with Crippen molar-refractivity contribution in [3.05, 3.63) is 0 Å². The highest BCUT2D eigenvalue weighted by molar-refractivity contribution is 5.80. The molecule has 0 aromatic rings. The van der Waals surface area contributed by atoms with Gasteiger partial charge in [-0.1, -0.05) is 6.42 Å². The molecule has 2 aliphatic rings. The number of nitrogens with one attached hydrogen (secondary N) is 2. The molecule has 4 nitrogen and oxygen atoms in total. The van der Waals surface area contributed by atoms with Crippen LogP contribution in [0.5, 0.6) is 0 Å². The van der Waals surface area contributed by atoms with Crippen molar-refractivity contribution < 1.29 is 9.90 Å². The van der Waals surface area contributed by atoms with Crippen molar-refractivity contribution in [2.75, 3.05) is 13.2 Å². The Balaban J connectivity index is 1.86. The molecule has 0 spiro atoms. The Labute approximate surface area is 96.8 Å². The second kappa shape index (κ2) is 5.15. The van der Waals surface area contributed by atoms with E-state index in [0.717, 1.165) is 32.2 Å². The van der Waals surface area contributed by atoms with Gasteiger partial charge in [-0.15, -0.1) is 0 Å². The molecule has 1 saturated heterocycles. The van der Waals surface area contributed by atoms with Gasteiger partial charge in [-0.25, -0.2) is 0 Å². The largest absolute Gasteiger partial charge is 0.396 e. The number of carbonyl (C=O) groups excluding carboxylic acids is 1. The van der Waals surface area contributed by atoms with Crippen LogP contribution in [-0.4, -0.2) is 36.2 Å². The third-order valence-corrected chi connectivity index (χ3v) is 4.08. The van der Waals surface area contributed by atoms with Gasteiger partial charge >= 0.3 is 0 Å². The zero-order valence-electron chi connectivity index (χ0n) is 9.91. The van der Waals surface area contributed by atoms with Crippen LogP contribution in [0.3, 0.4) is 0 Å². The molecule has 4 heteroatoms. The molecule has 1 aliphatic heterocycles. The van der Waals surface area contributed by atoms with Gasteiger partial charge in [0.15, 0.2) is 0 Å². The van der Waals surface area contributed by atoms with Crippen molar-refractivity contribution in [3.8, 4) is 0 Å². The van der Waals surface area contributed by atoms with E-state index in [2.05, 4.69) is 17.6 Å². The van der Waals surface area contributed by atoms with Gasteiger partial charge < -0.3 is 15.7 Å². The fourth-order valence-electron chi connectivity index (χ4n) is 2.95. The van der Waals surface area contributed by atoms with Crippen molar-refractivity contribution in [1.82, 2.24) is 10.6 Å². The minimum Gasteiger partial charge on any atom is -0.396 e. The van der Waals surface area contributed by atoms with E-state index in [1.165, 1.54) is 0 Å². The summed E-state index contributed by atoms with van der Waals surface area (Å²) >= 11 is 0. The molecule has 0 aromatic heterocycles. The Morgan fingerprint density at radius 3 is 2.88 bits per heavy atom. The van der Waals surface area contributed by atoms with Crippen LogP contribution < -0.4 is 10.6 Å². The summed E-state index contributed by atoms with van der Waals surface area (Å²) in [5, 5.41) is 15.6. The lowest BCUT2D eigenvalue weighted by atomic mass is 9.99. The molecule has 16 heavy (non-hydrogen) atoms. The summed E-state index contributed by atoms with van der Waals surface area (Å²) in [6.45, 7) is 3.20. The van der Waals surface area contributed by atoms with Crippen LogP contribution in [0.25, 0.3) is 0 Å². The van der Waals surface area contributed by atoms with Crippen molar-refractivity contribution in [2.24, 2.45) is 11.8 Å². The van der Waals surface area contributed by atoms with Gasteiger partial charge in [-0.3, -0.25) is 4.79 Å². The Morgan fingerprint density at radius 1 is 1.44 bits per heavy atom. The highest BCUT2D eigenvalue weighted by Crippen LogP contribution is 2.26. The minimum atomic E-state index is 0.111. The third kappa shape index (κ3) is 2.38. The zero-order valence-corrected chi connectivity index (χ0v) is 9.91. The molecule has 92 valence electrons. The number of hydrogen-bond donors (Lipinski definition) is 3. The summed E-state index contributed by atoms with van der Waals surface area (Å²) in [6.07, 6.45) is 4.11. The smallest absolute Gasteiger partial charge is 0.224 e. The zero-order chi connectivity index (χ0) is 11.5. The van der Waals surface area contributed by atoms with Crippen molar-refractivity contribution >= 4 is 5.91 Å². The van der Waals surface area contributed by atoms with Crippen LogP contribution in [0.2, 0.25) is 0 Å². The van der Waals surface area contributed by atoms with E-state index in [1.54, 1.807) is 0 Å². The van der Waals surface area contributed by atoms with Crippen molar-refractivity contribution in [3.63, 3.8) is 0 Å². The Morgan fingerprint density at radius 2 is 2.25 bits per heavy atom. The van der Waals surface area contributed by atoms with Crippen molar-refractivity contribution in [2.45, 2.75) is 44.7 Å². The highest BCUT2D eigenvalue weighted by atomic mass is 16.3. The molecule has 1 amide bonds. The number of aliphatic hydroxyl groups excluding tert-OH is 1. The Bertz CT molecular complexity index is 257. The Hall–Kier alpha value is -0.610. The molecule has 0 aromatic carbocycles. The van der Waals surface area contributed by atoms with Crippen LogP contribution in [0, 0.1) is 11.8 Å². The molecule has 4 atom stereocenters. The number of hydrogen-bond acceptors (Lipinski definition) is 3. The van der Waals surface area contributed by atoms with Crippen LogP contribution in [0.1, 0.15) is 32.6 Å². The molecule has 1 heterocycles. The van der Waals surface area contributed by atoms with Gasteiger partial charge in [0.1, 0.15) is 0 Å². The van der Waals surface area contributed by atoms with E-state index >= 15 is 0 Å². The number of aliphatic hydroxyl groups is 1. The summed E-state index contributed by atoms with van der Waals surface area (Å²) in [7, 11) is 0. The first-order valence-electron chi connectivity index (χ1n) is 6.37. The standard InChI is InChI=1S/C12H22N2O2/c1-8-10(5-6-13-8)12(16)14-11-4-2-3-9(11)7-15/h8-11,13,15H,2-7H2,1H3,(H,14,16). The number of rotatable bonds is 3. The molecule has 1 aliphatic carbocycles. The maximum absolute atomic E-state index is 12.0. The van der Waals surface area contributed by atoms with Gasteiger partial charge in [-0.2, -0.15) is 0 Å². The van der Waals surface area contributed by atoms with Gasteiger partial charge in [0.2, 0.25) is 5.91 Å². The maximum Gasteiger partial charge on any atom is 0.224 e. The summed E-state index contributed by atoms with van der Waals surface area (Å²) in [5.74, 6) is 0.552. The van der Waals surface area contributed by atoms with Gasteiger partial charge in [-0.05, 0) is 32.7 Å². The Kier molecular flexibility index (Phi) is 3.82. The van der Waals surface area contributed by atoms with Crippen molar-refractivity contribution in [1.29, 1.82) is 0 Å². The minimum absolute atomic E-state index is 0.111.